The van der Waals surface area contributed by atoms with Crippen molar-refractivity contribution in [1.82, 2.24) is 4.90 Å². The summed E-state index contributed by atoms with van der Waals surface area (Å²) in [6.07, 6.45) is 4.80. The Morgan fingerprint density at radius 2 is 1.76 bits per heavy atom. The Balaban J connectivity index is 1.41. The molecular weight excluding hydrogens is 432 g/mol. The number of nitrogens with zero attached hydrogens (tertiary/aromatic N) is 2. The zero-order valence-electron chi connectivity index (χ0n) is 18.7. The molecule has 1 aliphatic rings. The van der Waals surface area contributed by atoms with Crippen LogP contribution in [0.25, 0.3) is 6.08 Å². The van der Waals surface area contributed by atoms with Crippen LogP contribution >= 0.6 is 11.3 Å². The third kappa shape index (κ3) is 5.90. The molecule has 2 amide bonds. The Kier molecular flexibility index (Phi) is 7.58. The van der Waals surface area contributed by atoms with Crippen LogP contribution in [0, 0.1) is 5.92 Å². The van der Waals surface area contributed by atoms with E-state index in [1.807, 2.05) is 81.9 Å². The molecule has 4 rings (SSSR count). The minimum Gasteiger partial charge on any atom is -0.497 e. The summed E-state index contributed by atoms with van der Waals surface area (Å²) in [5.74, 6) is 0.766. The maximum Gasteiger partial charge on any atom is 0.246 e. The lowest BCUT2D eigenvalue weighted by Gasteiger charge is -2.34. The number of carbonyl (C=O) groups excluding carboxylic acids is 2. The van der Waals surface area contributed by atoms with Crippen molar-refractivity contribution in [3.05, 3.63) is 88.6 Å². The SMILES string of the molecule is COc1ccc(N(Cc2cccs2)C(=O)C2CCN(C(=O)C=Cc3ccccc3)CC2)cc1. The lowest BCUT2D eigenvalue weighted by Crippen LogP contribution is -2.44. The Bertz CT molecular complexity index is 1070. The van der Waals surface area contributed by atoms with Gasteiger partial charge in [0, 0.05) is 35.6 Å². The number of amides is 2. The Morgan fingerprint density at radius 1 is 1.03 bits per heavy atom. The lowest BCUT2D eigenvalue weighted by atomic mass is 9.94. The molecular formula is C27H28N2O3S. The Labute approximate surface area is 198 Å². The van der Waals surface area contributed by atoms with Crippen molar-refractivity contribution < 1.29 is 14.3 Å². The number of piperidine rings is 1. The van der Waals surface area contributed by atoms with E-state index in [0.717, 1.165) is 21.9 Å². The van der Waals surface area contributed by atoms with E-state index in [4.69, 9.17) is 4.74 Å². The van der Waals surface area contributed by atoms with Crippen LogP contribution in [0.1, 0.15) is 23.3 Å². The van der Waals surface area contributed by atoms with Crippen LogP contribution in [0.15, 0.2) is 78.2 Å². The molecule has 0 aliphatic carbocycles. The van der Waals surface area contributed by atoms with Gasteiger partial charge in [0.05, 0.1) is 13.7 Å². The van der Waals surface area contributed by atoms with Crippen molar-refractivity contribution >= 4 is 34.9 Å². The highest BCUT2D eigenvalue weighted by molar-refractivity contribution is 7.09. The molecule has 5 nitrogen and oxygen atoms in total. The average Bonchev–Trinajstić information content (AvgIpc) is 3.40. The summed E-state index contributed by atoms with van der Waals surface area (Å²) < 4.78 is 5.27. The summed E-state index contributed by atoms with van der Waals surface area (Å²) >= 11 is 1.65. The maximum absolute atomic E-state index is 13.5. The number of hydrogen-bond acceptors (Lipinski definition) is 4. The van der Waals surface area contributed by atoms with Gasteiger partial charge in [-0.05, 0) is 60.2 Å². The predicted octanol–water partition coefficient (Wildman–Crippen LogP) is 5.24. The first-order valence-electron chi connectivity index (χ1n) is 11.1. The van der Waals surface area contributed by atoms with E-state index in [2.05, 4.69) is 6.07 Å². The van der Waals surface area contributed by atoms with E-state index in [1.54, 1.807) is 24.5 Å². The first-order chi connectivity index (χ1) is 16.1. The smallest absolute Gasteiger partial charge is 0.246 e. The molecule has 0 bridgehead atoms. The van der Waals surface area contributed by atoms with Crippen molar-refractivity contribution in [3.8, 4) is 5.75 Å². The normalized spacial score (nSPS) is 14.4. The van der Waals surface area contributed by atoms with Crippen LogP contribution in [-0.4, -0.2) is 36.9 Å². The highest BCUT2D eigenvalue weighted by Gasteiger charge is 2.30. The van der Waals surface area contributed by atoms with Crippen LogP contribution in [0.4, 0.5) is 5.69 Å². The number of thiophene rings is 1. The van der Waals surface area contributed by atoms with Gasteiger partial charge in [0.2, 0.25) is 11.8 Å². The third-order valence-corrected chi connectivity index (χ3v) is 6.78. The first kappa shape index (κ1) is 22.8. The second-order valence-electron chi connectivity index (χ2n) is 8.05. The van der Waals surface area contributed by atoms with Crippen molar-refractivity contribution in [1.29, 1.82) is 0 Å². The molecule has 1 fully saturated rings. The fraction of sp³-hybridized carbons (Fsp3) is 0.259. The van der Waals surface area contributed by atoms with Crippen molar-refractivity contribution in [3.63, 3.8) is 0 Å². The van der Waals surface area contributed by atoms with Gasteiger partial charge in [0.1, 0.15) is 5.75 Å². The molecule has 3 aromatic rings. The highest BCUT2D eigenvalue weighted by atomic mass is 32.1. The van der Waals surface area contributed by atoms with Crippen molar-refractivity contribution in [2.45, 2.75) is 19.4 Å². The van der Waals surface area contributed by atoms with Gasteiger partial charge in [-0.1, -0.05) is 36.4 Å². The molecule has 0 saturated carbocycles. The zero-order chi connectivity index (χ0) is 23.0. The van der Waals surface area contributed by atoms with E-state index in [1.165, 1.54) is 0 Å². The van der Waals surface area contributed by atoms with E-state index >= 15 is 0 Å². The largest absolute Gasteiger partial charge is 0.497 e. The summed E-state index contributed by atoms with van der Waals surface area (Å²) in [5, 5.41) is 2.03. The number of benzene rings is 2. The topological polar surface area (TPSA) is 49.9 Å². The quantitative estimate of drug-likeness (QED) is 0.453. The van der Waals surface area contributed by atoms with Gasteiger partial charge < -0.3 is 14.5 Å². The summed E-state index contributed by atoms with van der Waals surface area (Å²) in [7, 11) is 1.63. The third-order valence-electron chi connectivity index (χ3n) is 5.92. The fourth-order valence-electron chi connectivity index (χ4n) is 4.02. The van der Waals surface area contributed by atoms with Crippen LogP contribution in [0.3, 0.4) is 0 Å². The number of hydrogen-bond donors (Lipinski definition) is 0. The molecule has 2 heterocycles. The first-order valence-corrected chi connectivity index (χ1v) is 12.0. The van der Waals surface area contributed by atoms with Gasteiger partial charge in [-0.2, -0.15) is 0 Å². The average molecular weight is 461 g/mol. The number of carbonyl (C=O) groups is 2. The van der Waals surface area contributed by atoms with Crippen LogP contribution in [-0.2, 0) is 16.1 Å². The van der Waals surface area contributed by atoms with E-state index < -0.39 is 0 Å². The van der Waals surface area contributed by atoms with Gasteiger partial charge in [0.25, 0.3) is 0 Å². The number of rotatable bonds is 7. The number of likely N-dealkylation sites (tertiary alicyclic amines) is 1. The van der Waals surface area contributed by atoms with Gasteiger partial charge >= 0.3 is 0 Å². The number of ether oxygens (including phenoxy) is 1. The molecule has 1 aromatic heterocycles. The molecule has 6 heteroatoms. The molecule has 1 aliphatic heterocycles. The fourth-order valence-corrected chi connectivity index (χ4v) is 4.71. The molecule has 0 N–H and O–H groups in total. The van der Waals surface area contributed by atoms with Gasteiger partial charge in [0.15, 0.2) is 0 Å². The molecule has 0 atom stereocenters. The van der Waals surface area contributed by atoms with E-state index in [-0.39, 0.29) is 17.7 Å². The second kappa shape index (κ2) is 11.0. The number of methoxy groups -OCH3 is 1. The monoisotopic (exact) mass is 460 g/mol. The van der Waals surface area contributed by atoms with Gasteiger partial charge in [-0.25, -0.2) is 0 Å². The summed E-state index contributed by atoms with van der Waals surface area (Å²) in [4.78, 5) is 31.0. The number of anilines is 1. The maximum atomic E-state index is 13.5. The van der Waals surface area contributed by atoms with E-state index in [0.29, 0.717) is 32.5 Å². The van der Waals surface area contributed by atoms with Crippen molar-refractivity contribution in [2.24, 2.45) is 5.92 Å². The summed E-state index contributed by atoms with van der Waals surface area (Å²) in [5.41, 5.74) is 1.86. The zero-order valence-corrected chi connectivity index (χ0v) is 19.5. The van der Waals surface area contributed by atoms with Crippen LogP contribution in [0.2, 0.25) is 0 Å². The minimum atomic E-state index is -0.103. The Morgan fingerprint density at radius 3 is 2.39 bits per heavy atom. The molecule has 0 radical (unpaired) electrons. The predicted molar refractivity (Wildman–Crippen MR) is 133 cm³/mol. The molecule has 0 spiro atoms. The molecule has 2 aromatic carbocycles. The van der Waals surface area contributed by atoms with E-state index in [9.17, 15) is 9.59 Å². The summed E-state index contributed by atoms with van der Waals surface area (Å²) in [6.45, 7) is 1.72. The molecule has 170 valence electrons. The Hall–Kier alpha value is -3.38. The molecule has 0 unspecified atom stereocenters. The van der Waals surface area contributed by atoms with Gasteiger partial charge in [-0.3, -0.25) is 9.59 Å². The second-order valence-corrected chi connectivity index (χ2v) is 9.08. The van der Waals surface area contributed by atoms with Crippen LogP contribution < -0.4 is 9.64 Å². The molecule has 33 heavy (non-hydrogen) atoms. The lowest BCUT2D eigenvalue weighted by molar-refractivity contribution is -0.131. The summed E-state index contributed by atoms with van der Waals surface area (Å²) in [6, 6.07) is 21.5. The minimum absolute atomic E-state index is 0.00431. The van der Waals surface area contributed by atoms with Crippen LogP contribution in [0.5, 0.6) is 5.75 Å². The van der Waals surface area contributed by atoms with Crippen molar-refractivity contribution in [2.75, 3.05) is 25.1 Å². The van der Waals surface area contributed by atoms with Gasteiger partial charge in [-0.15, -0.1) is 11.3 Å². The molecule has 1 saturated heterocycles. The highest BCUT2D eigenvalue weighted by Crippen LogP contribution is 2.28. The standard InChI is InChI=1S/C27H28N2O3S/c1-32-24-12-10-23(11-13-24)29(20-25-8-5-19-33-25)27(31)22-15-17-28(18-16-22)26(30)14-9-21-6-3-2-4-7-21/h2-14,19,22H,15-18,20H2,1H3.